The summed E-state index contributed by atoms with van der Waals surface area (Å²) in [7, 11) is 2.89. The van der Waals surface area contributed by atoms with Gasteiger partial charge in [-0.1, -0.05) is 0 Å². The third-order valence-corrected chi connectivity index (χ3v) is 2.76. The highest BCUT2D eigenvalue weighted by molar-refractivity contribution is 5.77. The molecule has 6 nitrogen and oxygen atoms in total. The molecule has 92 valence electrons. The zero-order valence-corrected chi connectivity index (χ0v) is 9.60. The van der Waals surface area contributed by atoms with Crippen molar-refractivity contribution in [2.75, 3.05) is 27.2 Å². The van der Waals surface area contributed by atoms with Gasteiger partial charge >= 0.3 is 5.97 Å². The van der Waals surface area contributed by atoms with E-state index in [0.717, 1.165) is 0 Å². The van der Waals surface area contributed by atoms with Crippen LogP contribution in [-0.2, 0) is 14.3 Å². The molecular formula is C10H18N2O4. The van der Waals surface area contributed by atoms with E-state index in [2.05, 4.69) is 10.1 Å². The van der Waals surface area contributed by atoms with Crippen molar-refractivity contribution in [1.82, 2.24) is 10.2 Å². The van der Waals surface area contributed by atoms with Crippen LogP contribution in [0.25, 0.3) is 0 Å². The lowest BCUT2D eigenvalue weighted by Crippen LogP contribution is -2.39. The van der Waals surface area contributed by atoms with E-state index in [-0.39, 0.29) is 11.9 Å². The van der Waals surface area contributed by atoms with Crippen LogP contribution < -0.4 is 5.32 Å². The van der Waals surface area contributed by atoms with Gasteiger partial charge in [0.2, 0.25) is 5.91 Å². The van der Waals surface area contributed by atoms with Gasteiger partial charge in [0.1, 0.15) is 6.04 Å². The summed E-state index contributed by atoms with van der Waals surface area (Å²) < 4.78 is 4.65. The van der Waals surface area contributed by atoms with Crippen LogP contribution in [0.3, 0.4) is 0 Å². The number of aliphatic hydroxyl groups is 1. The average molecular weight is 230 g/mol. The predicted octanol–water partition coefficient (Wildman–Crippen LogP) is -1.27. The van der Waals surface area contributed by atoms with Gasteiger partial charge < -0.3 is 15.2 Å². The standard InChI is InChI=1S/C10H18N2O4/c1-11-9(14)3-4-12-6-7(13)5-8(12)10(15)16-2/h7-8,13H,3-6H2,1-2H3,(H,11,14). The molecule has 1 aliphatic rings. The highest BCUT2D eigenvalue weighted by atomic mass is 16.5. The van der Waals surface area contributed by atoms with Gasteiger partial charge in [0.15, 0.2) is 0 Å². The minimum absolute atomic E-state index is 0.0787. The van der Waals surface area contributed by atoms with Crippen LogP contribution in [0.5, 0.6) is 0 Å². The number of β-amino-alcohol motifs (C(OH)–C–C–N with tert-alkyl or cyclic N) is 1. The van der Waals surface area contributed by atoms with E-state index >= 15 is 0 Å². The highest BCUT2D eigenvalue weighted by Crippen LogP contribution is 2.19. The Morgan fingerprint density at radius 3 is 2.81 bits per heavy atom. The molecule has 1 rings (SSSR count). The largest absolute Gasteiger partial charge is 0.468 e. The van der Waals surface area contributed by atoms with Crippen molar-refractivity contribution < 1.29 is 19.4 Å². The second-order valence-electron chi connectivity index (χ2n) is 3.85. The van der Waals surface area contributed by atoms with E-state index in [9.17, 15) is 14.7 Å². The highest BCUT2D eigenvalue weighted by Gasteiger charge is 2.36. The van der Waals surface area contributed by atoms with E-state index in [1.807, 2.05) is 0 Å². The Balaban J connectivity index is 2.49. The number of amides is 1. The van der Waals surface area contributed by atoms with Crippen molar-refractivity contribution in [1.29, 1.82) is 0 Å². The first-order chi connectivity index (χ1) is 7.58. The maximum absolute atomic E-state index is 11.4. The molecule has 0 aromatic carbocycles. The van der Waals surface area contributed by atoms with E-state index < -0.39 is 12.1 Å². The van der Waals surface area contributed by atoms with Crippen molar-refractivity contribution in [2.45, 2.75) is 25.0 Å². The number of nitrogens with zero attached hydrogens (tertiary/aromatic N) is 1. The maximum atomic E-state index is 11.4. The first kappa shape index (κ1) is 12.9. The first-order valence-corrected chi connectivity index (χ1v) is 5.29. The summed E-state index contributed by atoms with van der Waals surface area (Å²) in [6.45, 7) is 0.868. The number of hydrogen-bond acceptors (Lipinski definition) is 5. The van der Waals surface area contributed by atoms with Gasteiger partial charge in [-0.3, -0.25) is 14.5 Å². The second-order valence-corrected chi connectivity index (χ2v) is 3.85. The third kappa shape index (κ3) is 3.18. The van der Waals surface area contributed by atoms with Crippen LogP contribution >= 0.6 is 0 Å². The summed E-state index contributed by atoms with van der Waals surface area (Å²) in [5.41, 5.74) is 0. The predicted molar refractivity (Wildman–Crippen MR) is 56.7 cm³/mol. The molecule has 1 fully saturated rings. The number of nitrogens with one attached hydrogen (secondary N) is 1. The third-order valence-electron chi connectivity index (χ3n) is 2.76. The summed E-state index contributed by atoms with van der Waals surface area (Å²) >= 11 is 0. The molecule has 6 heteroatoms. The number of aliphatic hydroxyl groups excluding tert-OH is 1. The molecule has 2 unspecified atom stereocenters. The molecule has 0 saturated carbocycles. The molecule has 1 heterocycles. The monoisotopic (exact) mass is 230 g/mol. The van der Waals surface area contributed by atoms with Gasteiger partial charge in [0.25, 0.3) is 0 Å². The van der Waals surface area contributed by atoms with Gasteiger partial charge in [-0.15, -0.1) is 0 Å². The normalized spacial score (nSPS) is 25.4. The van der Waals surface area contributed by atoms with Crippen LogP contribution in [0.1, 0.15) is 12.8 Å². The maximum Gasteiger partial charge on any atom is 0.323 e. The Morgan fingerprint density at radius 2 is 2.25 bits per heavy atom. The molecule has 16 heavy (non-hydrogen) atoms. The smallest absolute Gasteiger partial charge is 0.323 e. The Hall–Kier alpha value is -1.14. The van der Waals surface area contributed by atoms with Gasteiger partial charge in [0, 0.05) is 33.0 Å². The average Bonchev–Trinajstić information content (AvgIpc) is 2.66. The number of methoxy groups -OCH3 is 1. The molecule has 1 aliphatic heterocycles. The zero-order chi connectivity index (χ0) is 12.1. The first-order valence-electron chi connectivity index (χ1n) is 5.29. The minimum atomic E-state index is -0.520. The molecule has 2 N–H and O–H groups in total. The molecule has 0 radical (unpaired) electrons. The zero-order valence-electron chi connectivity index (χ0n) is 9.60. The molecular weight excluding hydrogens is 212 g/mol. The lowest BCUT2D eigenvalue weighted by atomic mass is 10.2. The van der Waals surface area contributed by atoms with Crippen LogP contribution in [0, 0.1) is 0 Å². The van der Waals surface area contributed by atoms with E-state index in [1.54, 1.807) is 11.9 Å². The van der Waals surface area contributed by atoms with Gasteiger partial charge in [-0.2, -0.15) is 0 Å². The van der Waals surface area contributed by atoms with Gasteiger partial charge in [-0.05, 0) is 0 Å². The molecule has 1 amide bonds. The Kier molecular flexibility index (Phi) is 4.70. The van der Waals surface area contributed by atoms with Crippen molar-refractivity contribution >= 4 is 11.9 Å². The van der Waals surface area contributed by atoms with Crippen molar-refractivity contribution in [3.05, 3.63) is 0 Å². The molecule has 1 saturated heterocycles. The quantitative estimate of drug-likeness (QED) is 0.589. The summed E-state index contributed by atoms with van der Waals surface area (Å²) in [6, 6.07) is -0.426. The fourth-order valence-electron chi connectivity index (χ4n) is 1.88. The van der Waals surface area contributed by atoms with Gasteiger partial charge in [-0.25, -0.2) is 0 Å². The Bertz CT molecular complexity index is 270. The Labute approximate surface area is 94.6 Å². The number of rotatable bonds is 4. The summed E-state index contributed by atoms with van der Waals surface area (Å²) in [5, 5.41) is 12.0. The van der Waals surface area contributed by atoms with E-state index in [1.165, 1.54) is 7.11 Å². The SMILES string of the molecule is CNC(=O)CCN1CC(O)CC1C(=O)OC. The van der Waals surface area contributed by atoms with Crippen LogP contribution in [0.15, 0.2) is 0 Å². The molecule has 0 aliphatic carbocycles. The van der Waals surface area contributed by atoms with Crippen molar-refractivity contribution in [3.63, 3.8) is 0 Å². The van der Waals surface area contributed by atoms with Crippen LogP contribution in [0.2, 0.25) is 0 Å². The topological polar surface area (TPSA) is 78.9 Å². The number of likely N-dealkylation sites (tertiary alicyclic amines) is 1. The number of carbonyl (C=O) groups is 2. The fourth-order valence-corrected chi connectivity index (χ4v) is 1.88. The summed E-state index contributed by atoms with van der Waals surface area (Å²) in [5.74, 6) is -0.432. The number of carbonyl (C=O) groups excluding carboxylic acids is 2. The van der Waals surface area contributed by atoms with Crippen LogP contribution in [0.4, 0.5) is 0 Å². The lowest BCUT2D eigenvalue weighted by molar-refractivity contribution is -0.146. The number of ether oxygens (including phenoxy) is 1. The number of esters is 1. The van der Waals surface area contributed by atoms with Crippen molar-refractivity contribution in [2.24, 2.45) is 0 Å². The molecule has 0 aromatic heterocycles. The minimum Gasteiger partial charge on any atom is -0.468 e. The lowest BCUT2D eigenvalue weighted by Gasteiger charge is -2.21. The summed E-state index contributed by atoms with van der Waals surface area (Å²) in [4.78, 5) is 24.3. The van der Waals surface area contributed by atoms with Gasteiger partial charge in [0.05, 0.1) is 13.2 Å². The fraction of sp³-hybridized carbons (Fsp3) is 0.800. The Morgan fingerprint density at radius 1 is 1.56 bits per heavy atom. The van der Waals surface area contributed by atoms with E-state index in [0.29, 0.717) is 25.9 Å². The molecule has 2 atom stereocenters. The van der Waals surface area contributed by atoms with Crippen molar-refractivity contribution in [3.8, 4) is 0 Å². The molecule has 0 aromatic rings. The molecule has 0 bridgehead atoms. The van der Waals surface area contributed by atoms with E-state index in [4.69, 9.17) is 0 Å². The van der Waals surface area contributed by atoms with Crippen LogP contribution in [-0.4, -0.2) is 61.3 Å². The number of hydrogen-bond donors (Lipinski definition) is 2. The molecule has 0 spiro atoms. The summed E-state index contributed by atoms with van der Waals surface area (Å²) in [6.07, 6.45) is 0.172. The second kappa shape index (κ2) is 5.81.